The van der Waals surface area contributed by atoms with Gasteiger partial charge in [0.2, 0.25) is 0 Å². The lowest BCUT2D eigenvalue weighted by molar-refractivity contribution is -0.208. The molecule has 1 aromatic rings. The maximum absolute atomic E-state index is 14.9. The molecule has 2 N–H and O–H groups in total. The predicted molar refractivity (Wildman–Crippen MR) is 148 cm³/mol. The molecule has 5 aliphatic rings. The van der Waals surface area contributed by atoms with E-state index in [0.717, 1.165) is 12.0 Å². The number of ketones is 2. The van der Waals surface area contributed by atoms with Crippen LogP contribution in [0.5, 0.6) is 0 Å². The minimum absolute atomic E-state index is 0.0546. The number of hydrogen-bond acceptors (Lipinski definition) is 5. The van der Waals surface area contributed by atoms with Gasteiger partial charge in [0.1, 0.15) is 11.4 Å². The van der Waals surface area contributed by atoms with Gasteiger partial charge in [0, 0.05) is 11.0 Å². The summed E-state index contributed by atoms with van der Waals surface area (Å²) in [5, 5.41) is 23.1. The minimum atomic E-state index is -1.30. The van der Waals surface area contributed by atoms with Crippen LogP contribution in [0.2, 0.25) is 0 Å². The van der Waals surface area contributed by atoms with Crippen LogP contribution >= 0.6 is 0 Å². The molecule has 1 aromatic carbocycles. The monoisotopic (exact) mass is 518 g/mol. The highest BCUT2D eigenvalue weighted by Crippen LogP contribution is 2.82. The molecule has 0 aromatic heterocycles. The zero-order valence-corrected chi connectivity index (χ0v) is 23.9. The zero-order valence-electron chi connectivity index (χ0n) is 23.9. The quantitative estimate of drug-likeness (QED) is 0.194. The highest BCUT2D eigenvalue weighted by Gasteiger charge is 2.89. The van der Waals surface area contributed by atoms with Gasteiger partial charge in [0.15, 0.2) is 11.6 Å². The molecule has 5 heteroatoms. The molecule has 4 aliphatic carbocycles. The standard InChI is InChI=1S/C33H42O5/c1-20(2)13-14-23-17-32-18-24(29(5,6)37)38-33(32)25(26(34)22-11-9-8-10-12-22)27(35)31(28(32)36,16-15-21(3)4)19-30(23,33)7/h8-13,15,23-24,34,37H,14,16-19H2,1-7H3/b26-25-/t23-,24+,30+,31-,32-,33-/m1/s1. The van der Waals surface area contributed by atoms with Crippen LogP contribution in [-0.4, -0.2) is 39.1 Å². The van der Waals surface area contributed by atoms with Gasteiger partial charge in [-0.1, -0.05) is 60.6 Å². The molecule has 5 nitrogen and oxygen atoms in total. The molecule has 1 spiro atoms. The van der Waals surface area contributed by atoms with Gasteiger partial charge in [-0.25, -0.2) is 0 Å². The molecular formula is C33H42O5. The smallest absolute Gasteiger partial charge is 0.179 e. The highest BCUT2D eigenvalue weighted by atomic mass is 16.5. The molecule has 1 aliphatic heterocycles. The lowest BCUT2D eigenvalue weighted by Gasteiger charge is -2.63. The number of benzene rings is 1. The zero-order chi connectivity index (χ0) is 27.9. The van der Waals surface area contributed by atoms with E-state index in [-0.39, 0.29) is 28.8 Å². The molecular weight excluding hydrogens is 476 g/mol. The summed E-state index contributed by atoms with van der Waals surface area (Å²) in [5.41, 5.74) is -2.32. The Labute approximate surface area is 226 Å². The molecule has 5 fully saturated rings. The van der Waals surface area contributed by atoms with Crippen LogP contribution in [-0.2, 0) is 14.3 Å². The van der Waals surface area contributed by atoms with Gasteiger partial charge < -0.3 is 14.9 Å². The Morgan fingerprint density at radius 2 is 1.68 bits per heavy atom. The summed E-state index contributed by atoms with van der Waals surface area (Å²) in [6.45, 7) is 13.7. The Hall–Kier alpha value is -2.50. The second-order valence-corrected chi connectivity index (χ2v) is 13.6. The lowest BCUT2D eigenvalue weighted by Crippen LogP contribution is -2.73. The Kier molecular flexibility index (Phi) is 6.06. The summed E-state index contributed by atoms with van der Waals surface area (Å²) in [6, 6.07) is 9.11. The number of rotatable bonds is 6. The largest absolute Gasteiger partial charge is 0.507 e. The van der Waals surface area contributed by atoms with E-state index in [1.54, 1.807) is 26.0 Å². The van der Waals surface area contributed by atoms with Crippen molar-refractivity contribution in [2.24, 2.45) is 22.2 Å². The highest BCUT2D eigenvalue weighted by molar-refractivity contribution is 6.25. The number of aliphatic hydroxyl groups excluding tert-OH is 1. The van der Waals surface area contributed by atoms with E-state index in [0.29, 0.717) is 31.2 Å². The Balaban J connectivity index is 1.86. The van der Waals surface area contributed by atoms with Crippen LogP contribution in [0.1, 0.15) is 86.1 Å². The topological polar surface area (TPSA) is 83.8 Å². The minimum Gasteiger partial charge on any atom is -0.507 e. The van der Waals surface area contributed by atoms with Crippen molar-refractivity contribution in [1.29, 1.82) is 0 Å². The van der Waals surface area contributed by atoms with Gasteiger partial charge in [-0.15, -0.1) is 0 Å². The van der Waals surface area contributed by atoms with Gasteiger partial charge in [-0.05, 0) is 79.6 Å². The maximum Gasteiger partial charge on any atom is 0.179 e. The Morgan fingerprint density at radius 1 is 1.05 bits per heavy atom. The first kappa shape index (κ1) is 27.1. The van der Waals surface area contributed by atoms with Gasteiger partial charge >= 0.3 is 0 Å². The van der Waals surface area contributed by atoms with Crippen LogP contribution in [0.15, 0.2) is 59.2 Å². The first-order valence-corrected chi connectivity index (χ1v) is 13.9. The van der Waals surface area contributed by atoms with E-state index < -0.39 is 33.6 Å². The molecule has 1 saturated heterocycles. The van der Waals surface area contributed by atoms with Crippen molar-refractivity contribution in [3.8, 4) is 0 Å². The third kappa shape index (κ3) is 3.30. The fraction of sp³-hybridized carbons (Fsp3) is 0.576. The van der Waals surface area contributed by atoms with E-state index in [1.165, 1.54) is 5.57 Å². The Bertz CT molecular complexity index is 1270. The van der Waals surface area contributed by atoms with E-state index in [9.17, 15) is 19.8 Å². The summed E-state index contributed by atoms with van der Waals surface area (Å²) in [7, 11) is 0. The molecule has 6 atom stereocenters. The maximum atomic E-state index is 14.9. The molecule has 6 rings (SSSR count). The second-order valence-electron chi connectivity index (χ2n) is 13.6. The molecule has 0 radical (unpaired) electrons. The predicted octanol–water partition coefficient (Wildman–Crippen LogP) is 6.52. The number of aliphatic hydroxyl groups is 2. The van der Waals surface area contributed by atoms with E-state index >= 15 is 0 Å². The summed E-state index contributed by atoms with van der Waals surface area (Å²) in [6.07, 6.45) is 5.97. The van der Waals surface area contributed by atoms with Gasteiger partial charge in [-0.2, -0.15) is 0 Å². The summed E-state index contributed by atoms with van der Waals surface area (Å²) < 4.78 is 6.94. The molecule has 1 heterocycles. The number of allylic oxidation sites excluding steroid dienone is 4. The van der Waals surface area contributed by atoms with Crippen LogP contribution in [0.25, 0.3) is 5.76 Å². The molecule has 204 valence electrons. The number of ether oxygens (including phenoxy) is 1. The third-order valence-corrected chi connectivity index (χ3v) is 10.1. The number of carbonyl (C=O) groups is 2. The fourth-order valence-corrected chi connectivity index (χ4v) is 8.38. The molecule has 0 amide bonds. The molecule has 4 saturated carbocycles. The summed E-state index contributed by atoms with van der Waals surface area (Å²) in [5.74, 6) is -0.377. The van der Waals surface area contributed by atoms with Gasteiger partial charge in [0.05, 0.1) is 28.1 Å². The number of carbonyl (C=O) groups excluding carboxylic acids is 2. The van der Waals surface area contributed by atoms with E-state index in [4.69, 9.17) is 4.74 Å². The van der Waals surface area contributed by atoms with Crippen molar-refractivity contribution in [3.05, 3.63) is 64.8 Å². The van der Waals surface area contributed by atoms with Crippen molar-refractivity contribution in [1.82, 2.24) is 0 Å². The first-order valence-electron chi connectivity index (χ1n) is 13.9. The van der Waals surface area contributed by atoms with Crippen molar-refractivity contribution in [3.63, 3.8) is 0 Å². The van der Waals surface area contributed by atoms with Crippen LogP contribution < -0.4 is 0 Å². The molecule has 0 unspecified atom stereocenters. The average molecular weight is 519 g/mol. The lowest BCUT2D eigenvalue weighted by atomic mass is 9.39. The summed E-state index contributed by atoms with van der Waals surface area (Å²) >= 11 is 0. The average Bonchev–Trinajstić information content (AvgIpc) is 3.27. The second kappa shape index (κ2) is 8.50. The van der Waals surface area contributed by atoms with Gasteiger partial charge in [0.25, 0.3) is 0 Å². The summed E-state index contributed by atoms with van der Waals surface area (Å²) in [4.78, 5) is 29.5. The van der Waals surface area contributed by atoms with Crippen molar-refractivity contribution < 1.29 is 24.5 Å². The SMILES string of the molecule is CC(C)=CC[C@@H]1C[C@]23C[C@@H](C(C)(C)O)O[C@@]24/C(=C(\O)c2ccccc2)C(=O)[C@@](CC=C(C)C)(C[C@@]14C)C3=O. The van der Waals surface area contributed by atoms with Crippen molar-refractivity contribution in [2.45, 2.75) is 97.9 Å². The number of hydrogen-bond donors (Lipinski definition) is 2. The van der Waals surface area contributed by atoms with E-state index in [2.05, 4.69) is 26.8 Å². The van der Waals surface area contributed by atoms with Crippen LogP contribution in [0, 0.1) is 22.2 Å². The van der Waals surface area contributed by atoms with Crippen LogP contribution in [0.4, 0.5) is 0 Å². The fourth-order valence-electron chi connectivity index (χ4n) is 8.38. The molecule has 38 heavy (non-hydrogen) atoms. The van der Waals surface area contributed by atoms with E-state index in [1.807, 2.05) is 38.1 Å². The Morgan fingerprint density at radius 3 is 2.26 bits per heavy atom. The number of Topliss-reactive ketones (excluding diaryl/α,β-unsaturated/α-hetero) is 2. The number of fused-ring (bicyclic) bond motifs is 1. The van der Waals surface area contributed by atoms with Crippen molar-refractivity contribution in [2.75, 3.05) is 0 Å². The third-order valence-electron chi connectivity index (χ3n) is 10.1. The van der Waals surface area contributed by atoms with Crippen molar-refractivity contribution >= 4 is 17.3 Å². The molecule has 4 bridgehead atoms. The first-order chi connectivity index (χ1) is 17.7. The van der Waals surface area contributed by atoms with Gasteiger partial charge in [-0.3, -0.25) is 9.59 Å². The van der Waals surface area contributed by atoms with Crippen LogP contribution in [0.3, 0.4) is 0 Å². The normalized spacial score (nSPS) is 38.7.